The molecule has 1 aliphatic rings. The van der Waals surface area contributed by atoms with Crippen LogP contribution in [0.2, 0.25) is 0 Å². The van der Waals surface area contributed by atoms with Gasteiger partial charge in [0.25, 0.3) is 0 Å². The lowest BCUT2D eigenvalue weighted by Crippen LogP contribution is -2.51. The van der Waals surface area contributed by atoms with Crippen molar-refractivity contribution in [1.29, 1.82) is 0 Å². The van der Waals surface area contributed by atoms with Gasteiger partial charge in [-0.05, 0) is 18.3 Å². The number of amides is 1. The number of aliphatic carboxylic acids is 1. The van der Waals surface area contributed by atoms with Crippen molar-refractivity contribution in [2.45, 2.75) is 58.9 Å². The number of carbonyl (C=O) groups excluding carboxylic acids is 1. The van der Waals surface area contributed by atoms with Gasteiger partial charge in [0.05, 0.1) is 0 Å². The zero-order valence-electron chi connectivity index (χ0n) is 11.0. The lowest BCUT2D eigenvalue weighted by Gasteiger charge is -2.30. The average molecular weight is 241 g/mol. The van der Waals surface area contributed by atoms with Crippen molar-refractivity contribution in [3.8, 4) is 0 Å². The van der Waals surface area contributed by atoms with Crippen LogP contribution in [0.25, 0.3) is 0 Å². The first-order chi connectivity index (χ1) is 7.82. The number of carboxylic acid groups (broad SMARTS) is 1. The Morgan fingerprint density at radius 1 is 1.18 bits per heavy atom. The van der Waals surface area contributed by atoms with Crippen LogP contribution >= 0.6 is 0 Å². The van der Waals surface area contributed by atoms with Crippen LogP contribution in [-0.4, -0.2) is 23.0 Å². The summed E-state index contributed by atoms with van der Waals surface area (Å²) in [5.41, 5.74) is -0.462. The lowest BCUT2D eigenvalue weighted by molar-refractivity contribution is -0.145. The van der Waals surface area contributed by atoms with E-state index in [1.54, 1.807) is 0 Å². The zero-order valence-corrected chi connectivity index (χ0v) is 11.0. The highest BCUT2D eigenvalue weighted by atomic mass is 16.4. The van der Waals surface area contributed by atoms with Crippen LogP contribution < -0.4 is 5.32 Å². The van der Waals surface area contributed by atoms with Crippen molar-refractivity contribution >= 4 is 11.9 Å². The second-order valence-electron chi connectivity index (χ2n) is 5.98. The molecule has 0 heterocycles. The van der Waals surface area contributed by atoms with Crippen molar-refractivity contribution in [3.05, 3.63) is 0 Å². The van der Waals surface area contributed by atoms with E-state index < -0.39 is 17.4 Å². The van der Waals surface area contributed by atoms with Gasteiger partial charge in [-0.1, -0.05) is 40.0 Å². The highest BCUT2D eigenvalue weighted by Crippen LogP contribution is 2.25. The van der Waals surface area contributed by atoms with Gasteiger partial charge >= 0.3 is 5.97 Å². The Morgan fingerprint density at radius 3 is 2.12 bits per heavy atom. The normalized spacial score (nSPS) is 19.7. The summed E-state index contributed by atoms with van der Waals surface area (Å²) in [4.78, 5) is 23.1. The molecule has 17 heavy (non-hydrogen) atoms. The number of carboxylic acids is 1. The maximum absolute atomic E-state index is 12.0. The Labute approximate surface area is 103 Å². The van der Waals surface area contributed by atoms with Crippen LogP contribution in [0.3, 0.4) is 0 Å². The number of hydrogen-bond donors (Lipinski definition) is 2. The number of carbonyl (C=O) groups is 2. The van der Waals surface area contributed by atoms with Gasteiger partial charge in [-0.25, -0.2) is 4.79 Å². The minimum absolute atomic E-state index is 0.00736. The first-order valence-electron chi connectivity index (χ1n) is 6.35. The van der Waals surface area contributed by atoms with E-state index in [0.29, 0.717) is 0 Å². The summed E-state index contributed by atoms with van der Waals surface area (Å²) in [6.45, 7) is 5.48. The summed E-state index contributed by atoms with van der Waals surface area (Å²) < 4.78 is 0. The predicted octanol–water partition coefficient (Wildman–Crippen LogP) is 2.18. The molecule has 1 rings (SSSR count). The molecule has 0 unspecified atom stereocenters. The molecule has 1 fully saturated rings. The molecule has 2 N–H and O–H groups in total. The molecule has 1 aliphatic carbocycles. The van der Waals surface area contributed by atoms with Gasteiger partial charge in [0, 0.05) is 5.92 Å². The van der Waals surface area contributed by atoms with Gasteiger partial charge in [-0.3, -0.25) is 4.79 Å². The second kappa shape index (κ2) is 5.52. The quantitative estimate of drug-likeness (QED) is 0.796. The molecule has 1 saturated carbocycles. The highest BCUT2D eigenvalue weighted by Gasteiger charge is 2.34. The van der Waals surface area contributed by atoms with E-state index in [4.69, 9.17) is 5.11 Å². The monoisotopic (exact) mass is 241 g/mol. The second-order valence-corrected chi connectivity index (χ2v) is 5.98. The van der Waals surface area contributed by atoms with E-state index in [1.807, 2.05) is 20.8 Å². The Kier molecular flexibility index (Phi) is 4.54. The molecule has 0 aromatic heterocycles. The largest absolute Gasteiger partial charge is 0.480 e. The molecule has 0 saturated heterocycles. The fraction of sp³-hybridized carbons (Fsp3) is 0.846. The van der Waals surface area contributed by atoms with Crippen LogP contribution in [-0.2, 0) is 9.59 Å². The average Bonchev–Trinajstić information content (AvgIpc) is 2.24. The zero-order chi connectivity index (χ0) is 13.1. The molecule has 98 valence electrons. The lowest BCUT2D eigenvalue weighted by atomic mass is 9.84. The van der Waals surface area contributed by atoms with Gasteiger partial charge in [-0.2, -0.15) is 0 Å². The first kappa shape index (κ1) is 14.0. The molecule has 4 heteroatoms. The molecule has 0 aromatic carbocycles. The molecule has 0 radical (unpaired) electrons. The van der Waals surface area contributed by atoms with E-state index in [0.717, 1.165) is 25.7 Å². The number of hydrogen-bond acceptors (Lipinski definition) is 2. The van der Waals surface area contributed by atoms with Crippen molar-refractivity contribution < 1.29 is 14.7 Å². The van der Waals surface area contributed by atoms with Crippen LogP contribution in [0.5, 0.6) is 0 Å². The van der Waals surface area contributed by atoms with E-state index in [-0.39, 0.29) is 11.8 Å². The van der Waals surface area contributed by atoms with Crippen molar-refractivity contribution in [1.82, 2.24) is 5.32 Å². The minimum Gasteiger partial charge on any atom is -0.480 e. The Balaban J connectivity index is 2.60. The van der Waals surface area contributed by atoms with Gasteiger partial charge in [-0.15, -0.1) is 0 Å². The molecule has 4 nitrogen and oxygen atoms in total. The van der Waals surface area contributed by atoms with Crippen molar-refractivity contribution in [2.75, 3.05) is 0 Å². The van der Waals surface area contributed by atoms with Crippen LogP contribution in [0.1, 0.15) is 52.9 Å². The third-order valence-corrected chi connectivity index (χ3v) is 3.38. The Hall–Kier alpha value is -1.06. The summed E-state index contributed by atoms with van der Waals surface area (Å²) >= 11 is 0. The van der Waals surface area contributed by atoms with Crippen molar-refractivity contribution in [2.24, 2.45) is 11.3 Å². The fourth-order valence-corrected chi connectivity index (χ4v) is 2.27. The first-order valence-corrected chi connectivity index (χ1v) is 6.35. The van der Waals surface area contributed by atoms with Crippen LogP contribution in [0, 0.1) is 11.3 Å². The fourth-order valence-electron chi connectivity index (χ4n) is 2.27. The number of nitrogens with one attached hydrogen (secondary N) is 1. The maximum atomic E-state index is 12.0. The predicted molar refractivity (Wildman–Crippen MR) is 65.6 cm³/mol. The molecule has 1 atom stereocenters. The van der Waals surface area contributed by atoms with E-state index >= 15 is 0 Å². The van der Waals surface area contributed by atoms with Crippen molar-refractivity contribution in [3.63, 3.8) is 0 Å². The molecule has 0 aromatic rings. The summed E-state index contributed by atoms with van der Waals surface area (Å²) in [6.07, 6.45) is 5.12. The summed E-state index contributed by atoms with van der Waals surface area (Å²) in [7, 11) is 0. The van der Waals surface area contributed by atoms with Gasteiger partial charge in [0.15, 0.2) is 0 Å². The SMILES string of the molecule is CC(C)(C)[C@H](NC(=O)C1CCCCC1)C(=O)O. The number of rotatable bonds is 3. The summed E-state index contributed by atoms with van der Waals surface area (Å²) in [5.74, 6) is -1.04. The summed E-state index contributed by atoms with van der Waals surface area (Å²) in [6, 6.07) is -0.808. The van der Waals surface area contributed by atoms with Gasteiger partial charge < -0.3 is 10.4 Å². The van der Waals surface area contributed by atoms with Gasteiger partial charge in [0.2, 0.25) is 5.91 Å². The van der Waals surface area contributed by atoms with Gasteiger partial charge in [0.1, 0.15) is 6.04 Å². The molecule has 0 spiro atoms. The third kappa shape index (κ3) is 4.02. The van der Waals surface area contributed by atoms with E-state index in [1.165, 1.54) is 6.42 Å². The molecule has 0 aliphatic heterocycles. The summed E-state index contributed by atoms with van der Waals surface area (Å²) in [5, 5.41) is 11.8. The van der Waals surface area contributed by atoms with E-state index in [2.05, 4.69) is 5.32 Å². The Morgan fingerprint density at radius 2 is 1.71 bits per heavy atom. The minimum atomic E-state index is -0.957. The molecular formula is C13H23NO3. The van der Waals surface area contributed by atoms with Crippen LogP contribution in [0.15, 0.2) is 0 Å². The third-order valence-electron chi connectivity index (χ3n) is 3.38. The molecular weight excluding hydrogens is 218 g/mol. The van der Waals surface area contributed by atoms with E-state index in [9.17, 15) is 9.59 Å². The molecule has 1 amide bonds. The topological polar surface area (TPSA) is 66.4 Å². The highest BCUT2D eigenvalue weighted by molar-refractivity contribution is 5.85. The van der Waals surface area contributed by atoms with Crippen LogP contribution in [0.4, 0.5) is 0 Å². The smallest absolute Gasteiger partial charge is 0.326 e. The molecule has 0 bridgehead atoms. The maximum Gasteiger partial charge on any atom is 0.326 e. The Bertz CT molecular complexity index is 288. The standard InChI is InChI=1S/C13H23NO3/c1-13(2,3)10(12(16)17)14-11(15)9-7-5-4-6-8-9/h9-10H,4-8H2,1-3H3,(H,14,15)(H,16,17)/t10-/m1/s1.